The number of nitrogens with one attached hydrogen (secondary N) is 2. The maximum atomic E-state index is 11.6. The van der Waals surface area contributed by atoms with Gasteiger partial charge in [0, 0.05) is 39.8 Å². The van der Waals surface area contributed by atoms with Crippen molar-refractivity contribution in [1.82, 2.24) is 30.6 Å². The number of carbonyl (C=O) groups excluding carboxylic acids is 2. The zero-order chi connectivity index (χ0) is 19.8. The van der Waals surface area contributed by atoms with Crippen molar-refractivity contribution < 1.29 is 14.0 Å². The Morgan fingerprint density at radius 2 is 1.75 bits per heavy atom. The van der Waals surface area contributed by atoms with E-state index in [1.165, 1.54) is 12.6 Å². The molecular weight excluding hydrogens is 380 g/mol. The van der Waals surface area contributed by atoms with Gasteiger partial charge in [0.2, 0.25) is 11.8 Å². The number of imide groups is 1. The third-order valence-corrected chi connectivity index (χ3v) is 5.15. The van der Waals surface area contributed by atoms with Gasteiger partial charge in [-0.05, 0) is 5.56 Å². The second kappa shape index (κ2) is 10.2. The number of rotatable bonds is 7. The van der Waals surface area contributed by atoms with Crippen LogP contribution in [0.25, 0.3) is 0 Å². The quantitative estimate of drug-likeness (QED) is 0.657. The lowest BCUT2D eigenvalue weighted by molar-refractivity contribution is -0.117. The summed E-state index contributed by atoms with van der Waals surface area (Å²) in [7, 11) is 1.45. The number of nitrogens with zero attached hydrogens (tertiary/aromatic N) is 4. The van der Waals surface area contributed by atoms with Crippen molar-refractivity contribution in [1.29, 1.82) is 0 Å². The van der Waals surface area contributed by atoms with E-state index >= 15 is 0 Å². The molecule has 0 spiro atoms. The van der Waals surface area contributed by atoms with Gasteiger partial charge in [-0.1, -0.05) is 42.1 Å². The summed E-state index contributed by atoms with van der Waals surface area (Å²) in [5, 5.41) is 12.8. The van der Waals surface area contributed by atoms with Crippen molar-refractivity contribution in [2.24, 2.45) is 0 Å². The first-order chi connectivity index (χ1) is 13.6. The molecule has 3 rings (SSSR count). The van der Waals surface area contributed by atoms with Gasteiger partial charge in [-0.25, -0.2) is 4.79 Å². The first-order valence-corrected chi connectivity index (χ1v) is 10.1. The van der Waals surface area contributed by atoms with Crippen LogP contribution in [0.4, 0.5) is 4.79 Å². The lowest BCUT2D eigenvalue weighted by Gasteiger charge is -2.33. The smallest absolute Gasteiger partial charge is 0.321 e. The molecule has 9 nitrogen and oxygen atoms in total. The molecule has 0 aliphatic carbocycles. The molecule has 2 aromatic rings. The van der Waals surface area contributed by atoms with Crippen LogP contribution in [-0.4, -0.2) is 70.9 Å². The maximum Gasteiger partial charge on any atom is 0.321 e. The fraction of sp³-hybridized carbons (Fsp3) is 0.444. The summed E-state index contributed by atoms with van der Waals surface area (Å²) < 4.78 is 5.60. The molecular formula is C18H24N6O3S. The molecule has 10 heteroatoms. The molecule has 2 heterocycles. The van der Waals surface area contributed by atoms with Crippen LogP contribution in [0.15, 0.2) is 40.0 Å². The van der Waals surface area contributed by atoms with Crippen LogP contribution >= 0.6 is 11.8 Å². The van der Waals surface area contributed by atoms with Crippen LogP contribution in [-0.2, 0) is 17.9 Å². The predicted molar refractivity (Wildman–Crippen MR) is 105 cm³/mol. The lowest BCUT2D eigenvalue weighted by Crippen LogP contribution is -2.45. The molecule has 0 unspecified atom stereocenters. The maximum absolute atomic E-state index is 11.6. The van der Waals surface area contributed by atoms with Crippen LogP contribution in [0.3, 0.4) is 0 Å². The van der Waals surface area contributed by atoms with Crippen molar-refractivity contribution in [3.05, 3.63) is 41.8 Å². The third kappa shape index (κ3) is 6.32. The highest BCUT2D eigenvalue weighted by Crippen LogP contribution is 2.17. The molecule has 1 aliphatic rings. The summed E-state index contributed by atoms with van der Waals surface area (Å²) >= 11 is 1.11. The Labute approximate surface area is 167 Å². The molecule has 1 saturated heterocycles. The SMILES string of the molecule is CNC(=O)NC(=O)CSc1nnc(CN2CCN(Cc3ccccc3)CC2)o1. The Kier molecular flexibility index (Phi) is 7.40. The molecule has 1 fully saturated rings. The molecule has 1 aliphatic heterocycles. The van der Waals surface area contributed by atoms with E-state index in [2.05, 4.69) is 54.9 Å². The number of thioether (sulfide) groups is 1. The van der Waals surface area contributed by atoms with E-state index in [1.807, 2.05) is 6.07 Å². The Hall–Kier alpha value is -2.43. The number of amides is 3. The van der Waals surface area contributed by atoms with E-state index in [9.17, 15) is 9.59 Å². The Bertz CT molecular complexity index is 777. The van der Waals surface area contributed by atoms with Gasteiger partial charge in [0.1, 0.15) is 0 Å². The molecule has 28 heavy (non-hydrogen) atoms. The molecule has 0 bridgehead atoms. The van der Waals surface area contributed by atoms with Gasteiger partial charge >= 0.3 is 6.03 Å². The van der Waals surface area contributed by atoms with Crippen molar-refractivity contribution in [3.63, 3.8) is 0 Å². The third-order valence-electron chi connectivity index (χ3n) is 4.33. The largest absolute Gasteiger partial charge is 0.415 e. The second-order valence-electron chi connectivity index (χ2n) is 6.42. The normalized spacial score (nSPS) is 15.3. The number of hydrogen-bond acceptors (Lipinski definition) is 8. The van der Waals surface area contributed by atoms with E-state index < -0.39 is 11.9 Å². The lowest BCUT2D eigenvalue weighted by atomic mass is 10.2. The average molecular weight is 404 g/mol. The molecule has 0 radical (unpaired) electrons. The van der Waals surface area contributed by atoms with Crippen molar-refractivity contribution >= 4 is 23.7 Å². The van der Waals surface area contributed by atoms with Gasteiger partial charge in [-0.3, -0.25) is 19.9 Å². The fourth-order valence-corrected chi connectivity index (χ4v) is 3.43. The van der Waals surface area contributed by atoms with E-state index in [-0.39, 0.29) is 5.75 Å². The first-order valence-electron chi connectivity index (χ1n) is 9.08. The summed E-state index contributed by atoms with van der Waals surface area (Å²) in [6, 6.07) is 9.94. The number of piperazine rings is 1. The first kappa shape index (κ1) is 20.3. The van der Waals surface area contributed by atoms with Gasteiger partial charge in [0.25, 0.3) is 5.22 Å². The minimum absolute atomic E-state index is 0.0349. The summed E-state index contributed by atoms with van der Waals surface area (Å²) in [4.78, 5) is 27.4. The topological polar surface area (TPSA) is 104 Å². The predicted octanol–water partition coefficient (Wildman–Crippen LogP) is 0.935. The van der Waals surface area contributed by atoms with Crippen molar-refractivity contribution in [3.8, 4) is 0 Å². The van der Waals surface area contributed by atoms with Gasteiger partial charge in [0.05, 0.1) is 12.3 Å². The number of urea groups is 1. The average Bonchev–Trinajstić information content (AvgIpc) is 3.16. The zero-order valence-corrected chi connectivity index (χ0v) is 16.6. The number of carbonyl (C=O) groups is 2. The van der Waals surface area contributed by atoms with E-state index in [0.29, 0.717) is 17.7 Å². The van der Waals surface area contributed by atoms with E-state index in [4.69, 9.17) is 4.42 Å². The fourth-order valence-electron chi connectivity index (χ4n) is 2.85. The molecule has 0 atom stereocenters. The van der Waals surface area contributed by atoms with Crippen LogP contribution in [0.2, 0.25) is 0 Å². The van der Waals surface area contributed by atoms with Gasteiger partial charge in [-0.2, -0.15) is 0 Å². The molecule has 1 aromatic carbocycles. The van der Waals surface area contributed by atoms with E-state index in [0.717, 1.165) is 44.5 Å². The summed E-state index contributed by atoms with van der Waals surface area (Å²) in [6.45, 7) is 5.42. The molecule has 0 saturated carbocycles. The summed E-state index contributed by atoms with van der Waals surface area (Å²) in [5.74, 6) is 0.150. The van der Waals surface area contributed by atoms with E-state index in [1.54, 1.807) is 0 Å². The summed E-state index contributed by atoms with van der Waals surface area (Å²) in [5.41, 5.74) is 1.33. The molecule has 1 aromatic heterocycles. The minimum atomic E-state index is -0.539. The molecule has 3 amide bonds. The van der Waals surface area contributed by atoms with Gasteiger partial charge < -0.3 is 9.73 Å². The van der Waals surface area contributed by atoms with Crippen LogP contribution < -0.4 is 10.6 Å². The Morgan fingerprint density at radius 1 is 1.07 bits per heavy atom. The highest BCUT2D eigenvalue weighted by atomic mass is 32.2. The second-order valence-corrected chi connectivity index (χ2v) is 7.34. The molecule has 150 valence electrons. The molecule has 2 N–H and O–H groups in total. The monoisotopic (exact) mass is 404 g/mol. The highest BCUT2D eigenvalue weighted by molar-refractivity contribution is 7.99. The minimum Gasteiger partial charge on any atom is -0.415 e. The van der Waals surface area contributed by atoms with Crippen molar-refractivity contribution in [2.45, 2.75) is 18.3 Å². The number of benzene rings is 1. The Balaban J connectivity index is 1.38. The Morgan fingerprint density at radius 3 is 2.43 bits per heavy atom. The van der Waals surface area contributed by atoms with Crippen LogP contribution in [0, 0.1) is 0 Å². The number of aromatic nitrogens is 2. The highest BCUT2D eigenvalue weighted by Gasteiger charge is 2.19. The van der Waals surface area contributed by atoms with Gasteiger partial charge in [-0.15, -0.1) is 10.2 Å². The number of hydrogen-bond donors (Lipinski definition) is 2. The van der Waals surface area contributed by atoms with Crippen LogP contribution in [0.1, 0.15) is 11.5 Å². The van der Waals surface area contributed by atoms with Crippen molar-refractivity contribution in [2.75, 3.05) is 39.0 Å². The van der Waals surface area contributed by atoms with Crippen LogP contribution in [0.5, 0.6) is 0 Å². The van der Waals surface area contributed by atoms with Gasteiger partial charge in [0.15, 0.2) is 0 Å². The standard InChI is InChI=1S/C18H24N6O3S/c1-19-17(26)20-15(25)13-28-18-22-21-16(27-18)12-24-9-7-23(8-10-24)11-14-5-3-2-4-6-14/h2-6H,7-13H2,1H3,(H2,19,20,25,26). The summed E-state index contributed by atoms with van der Waals surface area (Å²) in [6.07, 6.45) is 0. The zero-order valence-electron chi connectivity index (χ0n) is 15.8.